The second-order valence-corrected chi connectivity index (χ2v) is 7.01. The fourth-order valence-corrected chi connectivity index (χ4v) is 3.26. The van der Waals surface area contributed by atoms with Gasteiger partial charge in [0, 0.05) is 25.3 Å². The number of amides is 1. The monoisotopic (exact) mass is 359 g/mol. The third kappa shape index (κ3) is 4.75. The topological polar surface area (TPSA) is 38.8 Å². The molecule has 0 bridgehead atoms. The highest BCUT2D eigenvalue weighted by atomic mass is 35.5. The van der Waals surface area contributed by atoms with E-state index in [1.165, 1.54) is 7.11 Å². The van der Waals surface area contributed by atoms with Crippen molar-refractivity contribution >= 4 is 29.1 Å². The van der Waals surface area contributed by atoms with Crippen LogP contribution in [0.2, 0.25) is 10.0 Å². The minimum Gasteiger partial charge on any atom is -0.494 e. The van der Waals surface area contributed by atoms with Crippen LogP contribution in [0.4, 0.5) is 0 Å². The van der Waals surface area contributed by atoms with Crippen LogP contribution in [-0.4, -0.2) is 43.7 Å². The number of hydrogen-bond donors (Lipinski definition) is 0. The summed E-state index contributed by atoms with van der Waals surface area (Å²) in [5, 5.41) is 0.692. The van der Waals surface area contributed by atoms with Gasteiger partial charge in [0.2, 0.25) is 0 Å². The fraction of sp³-hybridized carbons (Fsp3) is 0.588. The Hall–Kier alpha value is -0.970. The van der Waals surface area contributed by atoms with Crippen LogP contribution >= 0.6 is 23.2 Å². The minimum atomic E-state index is -0.0567. The van der Waals surface area contributed by atoms with E-state index in [1.54, 1.807) is 12.1 Å². The van der Waals surface area contributed by atoms with E-state index in [1.807, 2.05) is 4.90 Å². The Morgan fingerprint density at radius 3 is 2.30 bits per heavy atom. The van der Waals surface area contributed by atoms with Crippen LogP contribution in [-0.2, 0) is 4.74 Å². The number of hydrogen-bond acceptors (Lipinski definition) is 3. The van der Waals surface area contributed by atoms with Crippen molar-refractivity contribution in [3.63, 3.8) is 0 Å². The van der Waals surface area contributed by atoms with E-state index in [-0.39, 0.29) is 12.0 Å². The predicted molar refractivity (Wildman–Crippen MR) is 92.7 cm³/mol. The Morgan fingerprint density at radius 2 is 1.83 bits per heavy atom. The lowest BCUT2D eigenvalue weighted by molar-refractivity contribution is -0.00231. The highest BCUT2D eigenvalue weighted by Crippen LogP contribution is 2.34. The molecule has 2 rings (SSSR count). The predicted octanol–water partition coefficient (Wildman–Crippen LogP) is 4.28. The first-order valence-corrected chi connectivity index (χ1v) is 8.61. The van der Waals surface area contributed by atoms with Gasteiger partial charge in [0.25, 0.3) is 5.91 Å². The molecule has 1 aliphatic heterocycles. The van der Waals surface area contributed by atoms with Crippen molar-refractivity contribution in [1.29, 1.82) is 0 Å². The Kier molecular flexibility index (Phi) is 6.57. The Balaban J connectivity index is 1.97. The zero-order valence-electron chi connectivity index (χ0n) is 13.8. The minimum absolute atomic E-state index is 0.0567. The molecule has 0 spiro atoms. The lowest BCUT2D eigenvalue weighted by atomic mass is 10.1. The summed E-state index contributed by atoms with van der Waals surface area (Å²) >= 11 is 12.2. The standard InChI is InChI=1S/C17H23Cl2NO3/c1-11(2)10-23-13-4-6-20(7-5-13)17(21)12-8-14(18)16(22-3)15(19)9-12/h8-9,11,13H,4-7,10H2,1-3H3. The molecule has 0 radical (unpaired) electrons. The molecule has 6 heteroatoms. The first kappa shape index (κ1) is 18.4. The van der Waals surface area contributed by atoms with E-state index in [9.17, 15) is 4.79 Å². The average molecular weight is 360 g/mol. The zero-order valence-corrected chi connectivity index (χ0v) is 15.3. The summed E-state index contributed by atoms with van der Waals surface area (Å²) in [5.74, 6) is 0.864. The smallest absolute Gasteiger partial charge is 0.253 e. The number of benzene rings is 1. The summed E-state index contributed by atoms with van der Waals surface area (Å²) in [5.41, 5.74) is 0.488. The maximum Gasteiger partial charge on any atom is 0.253 e. The van der Waals surface area contributed by atoms with Gasteiger partial charge < -0.3 is 14.4 Å². The third-order valence-electron chi connectivity index (χ3n) is 3.84. The van der Waals surface area contributed by atoms with Crippen LogP contribution in [0.3, 0.4) is 0 Å². The van der Waals surface area contributed by atoms with Crippen molar-refractivity contribution in [2.75, 3.05) is 26.8 Å². The van der Waals surface area contributed by atoms with Gasteiger partial charge in [-0.15, -0.1) is 0 Å². The molecule has 0 aliphatic carbocycles. The maximum atomic E-state index is 12.6. The van der Waals surface area contributed by atoms with Gasteiger partial charge in [-0.05, 0) is 30.9 Å². The van der Waals surface area contributed by atoms with Crippen molar-refractivity contribution in [1.82, 2.24) is 4.90 Å². The summed E-state index contributed by atoms with van der Waals surface area (Å²) in [4.78, 5) is 14.4. The number of ether oxygens (including phenoxy) is 2. The zero-order chi connectivity index (χ0) is 17.0. The Morgan fingerprint density at radius 1 is 1.26 bits per heavy atom. The molecule has 1 aromatic carbocycles. The molecule has 1 aromatic rings. The highest BCUT2D eigenvalue weighted by molar-refractivity contribution is 6.37. The van der Waals surface area contributed by atoms with Crippen LogP contribution < -0.4 is 4.74 Å². The van der Waals surface area contributed by atoms with Gasteiger partial charge in [-0.1, -0.05) is 37.0 Å². The van der Waals surface area contributed by atoms with Crippen molar-refractivity contribution in [2.45, 2.75) is 32.8 Å². The lowest BCUT2D eigenvalue weighted by Gasteiger charge is -2.32. The molecule has 1 fully saturated rings. The molecule has 0 atom stereocenters. The summed E-state index contributed by atoms with van der Waals surface area (Å²) < 4.78 is 11.0. The summed E-state index contributed by atoms with van der Waals surface area (Å²) in [6, 6.07) is 3.21. The summed E-state index contributed by atoms with van der Waals surface area (Å²) in [6.07, 6.45) is 1.95. The SMILES string of the molecule is COc1c(Cl)cc(C(=O)N2CCC(OCC(C)C)CC2)cc1Cl. The number of halogens is 2. The quantitative estimate of drug-likeness (QED) is 0.787. The molecule has 1 aliphatic rings. The second-order valence-electron chi connectivity index (χ2n) is 6.19. The molecule has 0 N–H and O–H groups in total. The average Bonchev–Trinajstić information content (AvgIpc) is 2.52. The molecule has 1 saturated heterocycles. The van der Waals surface area contributed by atoms with Gasteiger partial charge >= 0.3 is 0 Å². The van der Waals surface area contributed by atoms with Crippen LogP contribution in [0.15, 0.2) is 12.1 Å². The molecule has 4 nitrogen and oxygen atoms in total. The molecule has 1 amide bonds. The molecule has 23 heavy (non-hydrogen) atoms. The third-order valence-corrected chi connectivity index (χ3v) is 4.41. The molecular weight excluding hydrogens is 337 g/mol. The molecular formula is C17H23Cl2NO3. The van der Waals surface area contributed by atoms with E-state index >= 15 is 0 Å². The number of piperidine rings is 1. The molecule has 0 aromatic heterocycles. The van der Waals surface area contributed by atoms with Crippen molar-refractivity contribution in [3.8, 4) is 5.75 Å². The first-order valence-electron chi connectivity index (χ1n) is 7.86. The number of carbonyl (C=O) groups excluding carboxylic acids is 1. The lowest BCUT2D eigenvalue weighted by Crippen LogP contribution is -2.41. The van der Waals surface area contributed by atoms with Gasteiger partial charge in [-0.3, -0.25) is 4.79 Å². The number of nitrogens with zero attached hydrogens (tertiary/aromatic N) is 1. The van der Waals surface area contributed by atoms with Crippen molar-refractivity contribution in [3.05, 3.63) is 27.7 Å². The number of methoxy groups -OCH3 is 1. The normalized spacial score (nSPS) is 16.0. The largest absolute Gasteiger partial charge is 0.494 e. The van der Waals surface area contributed by atoms with Crippen LogP contribution in [0.5, 0.6) is 5.75 Å². The maximum absolute atomic E-state index is 12.6. The number of rotatable bonds is 5. The van der Waals surface area contributed by atoms with Gasteiger partial charge in [0.05, 0.1) is 23.3 Å². The summed E-state index contributed by atoms with van der Waals surface area (Å²) in [7, 11) is 1.50. The van der Waals surface area contributed by atoms with Crippen molar-refractivity contribution < 1.29 is 14.3 Å². The number of likely N-dealkylation sites (tertiary alicyclic amines) is 1. The molecule has 128 valence electrons. The van der Waals surface area contributed by atoms with Gasteiger partial charge in [-0.25, -0.2) is 0 Å². The van der Waals surface area contributed by atoms with Gasteiger partial charge in [-0.2, -0.15) is 0 Å². The van der Waals surface area contributed by atoms with E-state index in [0.717, 1.165) is 19.4 Å². The van der Waals surface area contributed by atoms with E-state index in [2.05, 4.69) is 13.8 Å². The Labute approximate surface area is 147 Å². The van der Waals surface area contributed by atoms with Crippen LogP contribution in [0.25, 0.3) is 0 Å². The second kappa shape index (κ2) is 8.22. The first-order chi connectivity index (χ1) is 10.9. The van der Waals surface area contributed by atoms with Gasteiger partial charge in [0.15, 0.2) is 5.75 Å². The summed E-state index contributed by atoms with van der Waals surface area (Å²) in [6.45, 7) is 6.40. The molecule has 0 unspecified atom stereocenters. The van der Waals surface area contributed by atoms with Crippen LogP contribution in [0.1, 0.15) is 37.0 Å². The van der Waals surface area contributed by atoms with E-state index < -0.39 is 0 Å². The molecule has 1 heterocycles. The van der Waals surface area contributed by atoms with Crippen LogP contribution in [0, 0.1) is 5.92 Å². The van der Waals surface area contributed by atoms with Crippen molar-refractivity contribution in [2.24, 2.45) is 5.92 Å². The van der Waals surface area contributed by atoms with Gasteiger partial charge in [0.1, 0.15) is 0 Å². The highest BCUT2D eigenvalue weighted by Gasteiger charge is 2.25. The van der Waals surface area contributed by atoms with E-state index in [4.69, 9.17) is 32.7 Å². The molecule has 0 saturated carbocycles. The fourth-order valence-electron chi connectivity index (χ4n) is 2.62. The van der Waals surface area contributed by atoms with E-state index in [0.29, 0.717) is 40.4 Å². The number of carbonyl (C=O) groups is 1. The Bertz CT molecular complexity index is 532.